The van der Waals surface area contributed by atoms with E-state index >= 15 is 0 Å². The van der Waals surface area contributed by atoms with Crippen molar-refractivity contribution in [1.29, 1.82) is 0 Å². The molecule has 0 fully saturated rings. The minimum absolute atomic E-state index is 0.0801. The maximum Gasteiger partial charge on any atom is 0.337 e. The van der Waals surface area contributed by atoms with E-state index in [-0.39, 0.29) is 30.0 Å². The third-order valence-electron chi connectivity index (χ3n) is 5.74. The maximum absolute atomic E-state index is 12.3. The lowest BCUT2D eigenvalue weighted by molar-refractivity contribution is -0.118. The molecule has 0 aliphatic heterocycles. The Labute approximate surface area is 230 Å². The third kappa shape index (κ3) is 7.78. The van der Waals surface area contributed by atoms with Gasteiger partial charge in [0.05, 0.1) is 16.9 Å². The molecular weight excluding hydrogens is 512 g/mol. The maximum atomic E-state index is 12.3. The Morgan fingerprint density at radius 2 is 1.18 bits per heavy atom. The quantitative estimate of drug-likeness (QED) is 0.220. The molecule has 0 unspecified atom stereocenters. The number of nitrogens with one attached hydrogen (secondary N) is 2. The first kappa shape index (κ1) is 27.6. The van der Waals surface area contributed by atoms with Crippen molar-refractivity contribution in [2.24, 2.45) is 0 Å². The fourth-order valence-electron chi connectivity index (χ4n) is 3.86. The normalized spacial score (nSPS) is 10.3. The summed E-state index contributed by atoms with van der Waals surface area (Å²) < 4.78 is 10.8. The van der Waals surface area contributed by atoms with Crippen LogP contribution in [0.15, 0.2) is 97.1 Å². The van der Waals surface area contributed by atoms with Crippen LogP contribution in [-0.4, -0.2) is 42.4 Å². The van der Waals surface area contributed by atoms with E-state index in [0.29, 0.717) is 35.5 Å². The molecular formula is C31H26N2O7. The van der Waals surface area contributed by atoms with Crippen molar-refractivity contribution < 1.29 is 33.8 Å². The summed E-state index contributed by atoms with van der Waals surface area (Å²) >= 11 is 0. The second kappa shape index (κ2) is 13.4. The molecule has 0 aliphatic carbocycles. The monoisotopic (exact) mass is 538 g/mol. The van der Waals surface area contributed by atoms with Gasteiger partial charge >= 0.3 is 5.97 Å². The van der Waals surface area contributed by atoms with Crippen LogP contribution < -0.4 is 20.1 Å². The zero-order valence-electron chi connectivity index (χ0n) is 21.3. The van der Waals surface area contributed by atoms with E-state index in [1.807, 2.05) is 12.1 Å². The Bertz CT molecular complexity index is 1510. The standard InChI is InChI=1S/C31H26N2O7/c34-18-23-16-21(11-13-27(23)32-29(35)19-39-24-7-3-1-4-8-24)15-22-12-14-28(26(17-22)31(37)38)33-30(36)20-40-25-9-5-2-6-10-25/h1-14,16-18H,15,19-20H2,(H,32,35)(H,33,36)(H,37,38). The van der Waals surface area contributed by atoms with Gasteiger partial charge in [0.1, 0.15) is 11.5 Å². The van der Waals surface area contributed by atoms with Crippen molar-refractivity contribution in [3.05, 3.63) is 119 Å². The van der Waals surface area contributed by atoms with Gasteiger partial charge in [0.25, 0.3) is 11.8 Å². The van der Waals surface area contributed by atoms with Crippen LogP contribution in [0, 0.1) is 0 Å². The predicted molar refractivity (Wildman–Crippen MR) is 149 cm³/mol. The lowest BCUT2D eigenvalue weighted by atomic mass is 9.99. The van der Waals surface area contributed by atoms with Gasteiger partial charge in [0.15, 0.2) is 19.5 Å². The molecule has 2 amide bonds. The minimum atomic E-state index is -1.20. The number of amides is 2. The van der Waals surface area contributed by atoms with Crippen molar-refractivity contribution in [2.75, 3.05) is 23.8 Å². The van der Waals surface area contributed by atoms with Gasteiger partial charge in [-0.2, -0.15) is 0 Å². The average Bonchev–Trinajstić information content (AvgIpc) is 2.97. The first-order valence-electron chi connectivity index (χ1n) is 12.3. The number of carboxylic acids is 1. The summed E-state index contributed by atoms with van der Waals surface area (Å²) in [6.07, 6.45) is 0.952. The fourth-order valence-corrected chi connectivity index (χ4v) is 3.86. The van der Waals surface area contributed by atoms with E-state index in [4.69, 9.17) is 9.47 Å². The fraction of sp³-hybridized carbons (Fsp3) is 0.0968. The van der Waals surface area contributed by atoms with Crippen LogP contribution in [-0.2, 0) is 16.0 Å². The molecule has 0 aliphatic rings. The number of benzene rings is 4. The molecule has 9 nitrogen and oxygen atoms in total. The van der Waals surface area contributed by atoms with Gasteiger partial charge < -0.3 is 25.2 Å². The SMILES string of the molecule is O=Cc1cc(Cc2ccc(NC(=O)COc3ccccc3)c(C(=O)O)c2)ccc1NC(=O)COc1ccccc1. The molecule has 202 valence electrons. The molecule has 40 heavy (non-hydrogen) atoms. The zero-order valence-corrected chi connectivity index (χ0v) is 21.3. The molecule has 0 spiro atoms. The smallest absolute Gasteiger partial charge is 0.337 e. The van der Waals surface area contributed by atoms with Crippen LogP contribution >= 0.6 is 0 Å². The molecule has 0 saturated heterocycles. The van der Waals surface area contributed by atoms with Gasteiger partial charge in [-0.15, -0.1) is 0 Å². The number of hydrogen-bond acceptors (Lipinski definition) is 6. The molecule has 0 aromatic heterocycles. The molecule has 0 saturated carbocycles. The van der Waals surface area contributed by atoms with Gasteiger partial charge in [-0.25, -0.2) is 4.79 Å². The van der Waals surface area contributed by atoms with Gasteiger partial charge in [0, 0.05) is 5.56 Å². The highest BCUT2D eigenvalue weighted by atomic mass is 16.5. The Kier molecular flexibility index (Phi) is 9.23. The van der Waals surface area contributed by atoms with E-state index in [2.05, 4.69) is 10.6 Å². The van der Waals surface area contributed by atoms with E-state index in [1.54, 1.807) is 72.8 Å². The lowest BCUT2D eigenvalue weighted by Crippen LogP contribution is -2.21. The number of carbonyl (C=O) groups excluding carboxylic acids is 3. The predicted octanol–water partition coefficient (Wildman–Crippen LogP) is 4.82. The highest BCUT2D eigenvalue weighted by Gasteiger charge is 2.15. The number of aldehydes is 1. The van der Waals surface area contributed by atoms with E-state index < -0.39 is 17.8 Å². The molecule has 9 heteroatoms. The van der Waals surface area contributed by atoms with Crippen LogP contribution in [0.4, 0.5) is 11.4 Å². The number of hydrogen-bond donors (Lipinski definition) is 3. The number of carboxylic acid groups (broad SMARTS) is 1. The summed E-state index contributed by atoms with van der Waals surface area (Å²) in [5.41, 5.74) is 2.05. The molecule has 4 aromatic carbocycles. The molecule has 3 N–H and O–H groups in total. The van der Waals surface area contributed by atoms with Crippen molar-refractivity contribution in [1.82, 2.24) is 0 Å². The number of anilines is 2. The van der Waals surface area contributed by atoms with Crippen LogP contribution in [0.2, 0.25) is 0 Å². The molecule has 0 radical (unpaired) electrons. The van der Waals surface area contributed by atoms with Crippen LogP contribution in [0.1, 0.15) is 31.8 Å². The highest BCUT2D eigenvalue weighted by molar-refractivity contribution is 6.01. The topological polar surface area (TPSA) is 131 Å². The molecule has 4 rings (SSSR count). The van der Waals surface area contributed by atoms with Crippen LogP contribution in [0.5, 0.6) is 11.5 Å². The van der Waals surface area contributed by atoms with Gasteiger partial charge in [-0.3, -0.25) is 14.4 Å². The largest absolute Gasteiger partial charge is 0.484 e. The van der Waals surface area contributed by atoms with Crippen molar-refractivity contribution >= 4 is 35.4 Å². The van der Waals surface area contributed by atoms with Crippen molar-refractivity contribution in [3.8, 4) is 11.5 Å². The summed E-state index contributed by atoms with van der Waals surface area (Å²) in [5, 5.41) is 15.0. The Balaban J connectivity index is 1.39. The number of ether oxygens (including phenoxy) is 2. The number of para-hydroxylation sites is 2. The number of carbonyl (C=O) groups is 4. The van der Waals surface area contributed by atoms with Crippen LogP contribution in [0.3, 0.4) is 0 Å². The third-order valence-corrected chi connectivity index (χ3v) is 5.74. The summed E-state index contributed by atoms with van der Waals surface area (Å²) in [4.78, 5) is 48.3. The molecule has 4 aromatic rings. The second-order valence-corrected chi connectivity index (χ2v) is 8.70. The van der Waals surface area contributed by atoms with Crippen molar-refractivity contribution in [3.63, 3.8) is 0 Å². The second-order valence-electron chi connectivity index (χ2n) is 8.70. The Hall–Kier alpha value is -5.44. The Morgan fingerprint density at radius 1 is 0.675 bits per heavy atom. The lowest BCUT2D eigenvalue weighted by Gasteiger charge is -2.13. The summed E-state index contributed by atoms with van der Waals surface area (Å²) in [6.45, 7) is -0.496. The molecule has 0 heterocycles. The summed E-state index contributed by atoms with van der Waals surface area (Å²) in [5.74, 6) is -1.05. The van der Waals surface area contributed by atoms with Crippen LogP contribution in [0.25, 0.3) is 0 Å². The van der Waals surface area contributed by atoms with E-state index in [0.717, 1.165) is 5.56 Å². The summed E-state index contributed by atoms with van der Waals surface area (Å²) in [6, 6.07) is 27.3. The van der Waals surface area contributed by atoms with Gasteiger partial charge in [-0.1, -0.05) is 48.5 Å². The summed E-state index contributed by atoms with van der Waals surface area (Å²) in [7, 11) is 0. The van der Waals surface area contributed by atoms with Gasteiger partial charge in [0.2, 0.25) is 0 Å². The highest BCUT2D eigenvalue weighted by Crippen LogP contribution is 2.23. The van der Waals surface area contributed by atoms with Crippen molar-refractivity contribution in [2.45, 2.75) is 6.42 Å². The first-order chi connectivity index (χ1) is 19.4. The minimum Gasteiger partial charge on any atom is -0.484 e. The van der Waals surface area contributed by atoms with E-state index in [1.165, 1.54) is 12.1 Å². The average molecular weight is 539 g/mol. The van der Waals surface area contributed by atoms with Gasteiger partial charge in [-0.05, 0) is 66.1 Å². The first-order valence-corrected chi connectivity index (χ1v) is 12.3. The zero-order chi connectivity index (χ0) is 28.3. The van der Waals surface area contributed by atoms with E-state index in [9.17, 15) is 24.3 Å². The molecule has 0 atom stereocenters. The Morgan fingerprint density at radius 3 is 1.70 bits per heavy atom. The number of rotatable bonds is 12. The number of aromatic carboxylic acids is 1. The molecule has 0 bridgehead atoms.